The summed E-state index contributed by atoms with van der Waals surface area (Å²) in [6.07, 6.45) is 3.02. The summed E-state index contributed by atoms with van der Waals surface area (Å²) in [4.78, 5) is 4.10. The Morgan fingerprint density at radius 1 is 1.39 bits per heavy atom. The summed E-state index contributed by atoms with van der Waals surface area (Å²) in [5.74, 6) is 0.834. The molecular weight excluding hydrogens is 230 g/mol. The molecule has 0 aliphatic rings. The van der Waals surface area contributed by atoms with Crippen LogP contribution in [0.1, 0.15) is 36.6 Å². The molecule has 2 aromatic rings. The molecule has 0 aliphatic heterocycles. The van der Waals surface area contributed by atoms with Gasteiger partial charge in [-0.25, -0.2) is 4.98 Å². The van der Waals surface area contributed by atoms with Crippen molar-refractivity contribution in [1.29, 1.82) is 0 Å². The van der Waals surface area contributed by atoms with Gasteiger partial charge in [-0.15, -0.1) is 0 Å². The average Bonchev–Trinajstić information content (AvgIpc) is 2.92. The fraction of sp³-hybridized carbons (Fsp3) is 0.357. The molecule has 0 aliphatic carbocycles. The van der Waals surface area contributed by atoms with Crippen LogP contribution in [0, 0.1) is 0 Å². The minimum atomic E-state index is -0.576. The van der Waals surface area contributed by atoms with Crippen LogP contribution in [0.4, 0.5) is 0 Å². The normalized spacial score (nSPS) is 14.2. The molecule has 0 spiro atoms. The van der Waals surface area contributed by atoms with E-state index in [0.717, 1.165) is 11.3 Å². The van der Waals surface area contributed by atoms with Crippen LogP contribution in [0.5, 0.6) is 5.75 Å². The lowest BCUT2D eigenvalue weighted by Gasteiger charge is -2.17. The third-order valence-electron chi connectivity index (χ3n) is 3.03. The number of nitrogens with zero attached hydrogens (tertiary/aromatic N) is 1. The zero-order valence-corrected chi connectivity index (χ0v) is 10.5. The number of aliphatic hydroxyl groups is 1. The molecule has 1 heterocycles. The second kappa shape index (κ2) is 5.69. The van der Waals surface area contributed by atoms with E-state index < -0.39 is 6.10 Å². The number of methoxy groups -OCH3 is 1. The number of aromatic nitrogens is 1. The van der Waals surface area contributed by atoms with E-state index >= 15 is 0 Å². The summed E-state index contributed by atoms with van der Waals surface area (Å²) in [6.45, 7) is 2.01. The van der Waals surface area contributed by atoms with Gasteiger partial charge in [0, 0.05) is 11.5 Å². The third-order valence-corrected chi connectivity index (χ3v) is 3.03. The Morgan fingerprint density at radius 2 is 2.17 bits per heavy atom. The van der Waals surface area contributed by atoms with Gasteiger partial charge in [-0.3, -0.25) is 0 Å². The fourth-order valence-corrected chi connectivity index (χ4v) is 1.99. The van der Waals surface area contributed by atoms with Crippen molar-refractivity contribution in [3.8, 4) is 5.75 Å². The van der Waals surface area contributed by atoms with Gasteiger partial charge in [-0.05, 0) is 12.5 Å². The number of ether oxygens (including phenoxy) is 1. The number of rotatable bonds is 5. The van der Waals surface area contributed by atoms with Crippen molar-refractivity contribution in [3.63, 3.8) is 0 Å². The van der Waals surface area contributed by atoms with Gasteiger partial charge in [0.15, 0.2) is 6.39 Å². The maximum Gasteiger partial charge on any atom is 0.180 e. The fourth-order valence-electron chi connectivity index (χ4n) is 1.99. The van der Waals surface area contributed by atoms with Crippen LogP contribution >= 0.6 is 0 Å². The van der Waals surface area contributed by atoms with Crippen LogP contribution in [0.2, 0.25) is 0 Å². The molecule has 1 aromatic carbocycles. The molecule has 2 atom stereocenters. The van der Waals surface area contributed by atoms with Gasteiger partial charge in [0.2, 0.25) is 0 Å². The number of aliphatic hydroxyl groups excluding tert-OH is 1. The topological polar surface area (TPSA) is 55.5 Å². The number of benzene rings is 1. The SMILES string of the molecule is COc1ccccc1C(O)CC(C)c1cocn1. The van der Waals surface area contributed by atoms with Gasteiger partial charge >= 0.3 is 0 Å². The van der Waals surface area contributed by atoms with E-state index in [4.69, 9.17) is 9.15 Å². The van der Waals surface area contributed by atoms with Gasteiger partial charge in [-0.1, -0.05) is 25.1 Å². The van der Waals surface area contributed by atoms with E-state index in [1.165, 1.54) is 6.39 Å². The first kappa shape index (κ1) is 12.6. The number of oxazole rings is 1. The summed E-state index contributed by atoms with van der Waals surface area (Å²) in [5, 5.41) is 10.3. The molecule has 1 N–H and O–H groups in total. The van der Waals surface area contributed by atoms with Crippen molar-refractivity contribution in [3.05, 3.63) is 48.2 Å². The van der Waals surface area contributed by atoms with Crippen LogP contribution in [0.3, 0.4) is 0 Å². The summed E-state index contributed by atoms with van der Waals surface area (Å²) < 4.78 is 10.2. The second-order valence-electron chi connectivity index (χ2n) is 4.31. The van der Waals surface area contributed by atoms with Crippen LogP contribution in [-0.2, 0) is 0 Å². The third kappa shape index (κ3) is 2.71. The largest absolute Gasteiger partial charge is 0.496 e. The molecule has 1 aromatic heterocycles. The first-order valence-electron chi connectivity index (χ1n) is 5.91. The predicted octanol–water partition coefficient (Wildman–Crippen LogP) is 2.91. The monoisotopic (exact) mass is 247 g/mol. The van der Waals surface area contributed by atoms with Gasteiger partial charge in [0.25, 0.3) is 0 Å². The molecule has 0 radical (unpaired) electrons. The molecule has 2 rings (SSSR count). The van der Waals surface area contributed by atoms with E-state index in [-0.39, 0.29) is 5.92 Å². The Kier molecular flexibility index (Phi) is 3.99. The zero-order chi connectivity index (χ0) is 13.0. The highest BCUT2D eigenvalue weighted by molar-refractivity contribution is 5.35. The summed E-state index contributed by atoms with van der Waals surface area (Å²) in [5.41, 5.74) is 1.65. The van der Waals surface area contributed by atoms with Crippen molar-refractivity contribution in [2.24, 2.45) is 0 Å². The van der Waals surface area contributed by atoms with E-state index in [9.17, 15) is 5.11 Å². The molecule has 0 bridgehead atoms. The van der Waals surface area contributed by atoms with Crippen LogP contribution in [0.15, 0.2) is 41.3 Å². The lowest BCUT2D eigenvalue weighted by Crippen LogP contribution is -2.05. The molecule has 0 amide bonds. The van der Waals surface area contributed by atoms with Crippen LogP contribution in [-0.4, -0.2) is 17.2 Å². The summed E-state index contributed by atoms with van der Waals surface area (Å²) in [6, 6.07) is 7.50. The van der Waals surface area contributed by atoms with Crippen molar-refractivity contribution < 1.29 is 14.3 Å². The standard InChI is InChI=1S/C14H17NO3/c1-10(12-8-18-9-15-12)7-13(16)11-5-3-4-6-14(11)17-2/h3-6,8-10,13,16H,7H2,1-2H3. The molecule has 2 unspecified atom stereocenters. The molecule has 0 saturated carbocycles. The Bertz CT molecular complexity index is 482. The van der Waals surface area contributed by atoms with Crippen molar-refractivity contribution in [2.75, 3.05) is 7.11 Å². The molecule has 96 valence electrons. The highest BCUT2D eigenvalue weighted by Crippen LogP contribution is 2.31. The van der Waals surface area contributed by atoms with E-state index in [1.807, 2.05) is 31.2 Å². The Labute approximate surface area is 106 Å². The van der Waals surface area contributed by atoms with Crippen molar-refractivity contribution >= 4 is 0 Å². The van der Waals surface area contributed by atoms with Gasteiger partial charge in [0.1, 0.15) is 12.0 Å². The first-order chi connectivity index (χ1) is 8.72. The average molecular weight is 247 g/mol. The molecule has 4 nitrogen and oxygen atoms in total. The van der Waals surface area contributed by atoms with E-state index in [0.29, 0.717) is 12.2 Å². The first-order valence-corrected chi connectivity index (χ1v) is 5.91. The lowest BCUT2D eigenvalue weighted by molar-refractivity contribution is 0.155. The molecule has 18 heavy (non-hydrogen) atoms. The second-order valence-corrected chi connectivity index (χ2v) is 4.31. The van der Waals surface area contributed by atoms with Crippen molar-refractivity contribution in [1.82, 2.24) is 4.98 Å². The summed E-state index contributed by atoms with van der Waals surface area (Å²) in [7, 11) is 1.60. The Hall–Kier alpha value is -1.81. The predicted molar refractivity (Wildman–Crippen MR) is 67.5 cm³/mol. The minimum Gasteiger partial charge on any atom is -0.496 e. The van der Waals surface area contributed by atoms with Crippen LogP contribution in [0.25, 0.3) is 0 Å². The highest BCUT2D eigenvalue weighted by atomic mass is 16.5. The number of hydrogen-bond acceptors (Lipinski definition) is 4. The molecule has 0 saturated heterocycles. The maximum atomic E-state index is 10.3. The molecular formula is C14H17NO3. The zero-order valence-electron chi connectivity index (χ0n) is 10.5. The van der Waals surface area contributed by atoms with Crippen LogP contribution < -0.4 is 4.74 Å². The molecule has 4 heteroatoms. The minimum absolute atomic E-state index is 0.128. The smallest absolute Gasteiger partial charge is 0.180 e. The van der Waals surface area contributed by atoms with E-state index in [1.54, 1.807) is 13.4 Å². The Morgan fingerprint density at radius 3 is 2.83 bits per heavy atom. The number of para-hydroxylation sites is 1. The van der Waals surface area contributed by atoms with Crippen molar-refractivity contribution in [2.45, 2.75) is 25.4 Å². The van der Waals surface area contributed by atoms with Gasteiger partial charge in [-0.2, -0.15) is 0 Å². The van der Waals surface area contributed by atoms with Gasteiger partial charge < -0.3 is 14.3 Å². The van der Waals surface area contributed by atoms with Gasteiger partial charge in [0.05, 0.1) is 18.9 Å². The maximum absolute atomic E-state index is 10.3. The summed E-state index contributed by atoms with van der Waals surface area (Å²) >= 11 is 0. The number of hydrogen-bond donors (Lipinski definition) is 1. The Balaban J connectivity index is 2.09. The quantitative estimate of drug-likeness (QED) is 0.882. The highest BCUT2D eigenvalue weighted by Gasteiger charge is 2.18. The lowest BCUT2D eigenvalue weighted by atomic mass is 9.96. The van der Waals surface area contributed by atoms with E-state index in [2.05, 4.69) is 4.98 Å². The molecule has 0 fully saturated rings.